The summed E-state index contributed by atoms with van der Waals surface area (Å²) >= 11 is 0. The van der Waals surface area contributed by atoms with Crippen molar-refractivity contribution in [3.05, 3.63) is 11.6 Å². The summed E-state index contributed by atoms with van der Waals surface area (Å²) in [4.78, 5) is 0. The summed E-state index contributed by atoms with van der Waals surface area (Å²) in [5, 5.41) is 0. The minimum absolute atomic E-state index is 1.34. The number of hydrogen-bond acceptors (Lipinski definition) is 0. The zero-order valence-electron chi connectivity index (χ0n) is 11.3. The summed E-state index contributed by atoms with van der Waals surface area (Å²) in [6.07, 6.45) is 21.1. The maximum absolute atomic E-state index is 2.57. The van der Waals surface area contributed by atoms with E-state index in [1.54, 1.807) is 5.57 Å². The lowest BCUT2D eigenvalue weighted by atomic mass is 9.97. The van der Waals surface area contributed by atoms with Crippen LogP contribution in [0.25, 0.3) is 0 Å². The van der Waals surface area contributed by atoms with Gasteiger partial charge in [-0.15, -0.1) is 0 Å². The Bertz CT molecular complexity index is 178. The first-order chi connectivity index (χ1) is 7.93. The number of unbranched alkanes of at least 4 members (excludes halogenated alkanes) is 1. The standard InChI is InChI=1S/C16H30/c1-2-3-13-16-14-11-9-7-5-4-6-8-10-12-15-16/h14H,2-13,15H2,1H3/b16-14-. The minimum Gasteiger partial charge on any atom is -0.0853 e. The Morgan fingerprint density at radius 3 is 2.19 bits per heavy atom. The van der Waals surface area contributed by atoms with Gasteiger partial charge in [-0.3, -0.25) is 0 Å². The third kappa shape index (κ3) is 7.09. The molecule has 0 bridgehead atoms. The van der Waals surface area contributed by atoms with E-state index in [0.717, 1.165) is 0 Å². The van der Waals surface area contributed by atoms with Crippen LogP contribution in [-0.4, -0.2) is 0 Å². The predicted octanol–water partition coefficient (Wildman–Crippen LogP) is 6.02. The van der Waals surface area contributed by atoms with Gasteiger partial charge in [-0.1, -0.05) is 63.5 Å². The quantitative estimate of drug-likeness (QED) is 0.512. The molecule has 0 spiro atoms. The molecule has 0 heterocycles. The van der Waals surface area contributed by atoms with Gasteiger partial charge in [-0.2, -0.15) is 0 Å². The second-order valence-corrected chi connectivity index (χ2v) is 5.33. The van der Waals surface area contributed by atoms with Crippen LogP contribution in [0.15, 0.2) is 11.6 Å². The Hall–Kier alpha value is -0.260. The monoisotopic (exact) mass is 222 g/mol. The Labute approximate surface area is 103 Å². The fourth-order valence-electron chi connectivity index (χ4n) is 2.60. The molecular weight excluding hydrogens is 192 g/mol. The van der Waals surface area contributed by atoms with Gasteiger partial charge in [-0.05, 0) is 38.5 Å². The summed E-state index contributed by atoms with van der Waals surface area (Å²) < 4.78 is 0. The molecule has 0 aromatic heterocycles. The zero-order valence-corrected chi connectivity index (χ0v) is 11.3. The second kappa shape index (κ2) is 9.93. The van der Waals surface area contributed by atoms with Crippen LogP contribution in [0.5, 0.6) is 0 Å². The summed E-state index contributed by atoms with van der Waals surface area (Å²) in [5.74, 6) is 0. The topological polar surface area (TPSA) is 0 Å². The summed E-state index contributed by atoms with van der Waals surface area (Å²) in [7, 11) is 0. The molecule has 0 saturated carbocycles. The molecule has 1 aliphatic rings. The summed E-state index contributed by atoms with van der Waals surface area (Å²) in [6.45, 7) is 2.30. The molecule has 0 aromatic rings. The number of hydrogen-bond donors (Lipinski definition) is 0. The van der Waals surface area contributed by atoms with E-state index < -0.39 is 0 Å². The van der Waals surface area contributed by atoms with E-state index in [1.807, 2.05) is 0 Å². The molecule has 0 amide bonds. The number of rotatable bonds is 3. The van der Waals surface area contributed by atoms with Crippen molar-refractivity contribution in [1.82, 2.24) is 0 Å². The fourth-order valence-corrected chi connectivity index (χ4v) is 2.60. The van der Waals surface area contributed by atoms with Crippen molar-refractivity contribution in [2.75, 3.05) is 0 Å². The van der Waals surface area contributed by atoms with Gasteiger partial charge in [0.05, 0.1) is 0 Å². The molecule has 0 aromatic carbocycles. The SMILES string of the molecule is CCCC/C1=C/CCCCCCCCCC1. The highest BCUT2D eigenvalue weighted by Crippen LogP contribution is 2.20. The first kappa shape index (κ1) is 13.8. The first-order valence-electron chi connectivity index (χ1n) is 7.61. The number of allylic oxidation sites excluding steroid dienone is 2. The van der Waals surface area contributed by atoms with Crippen LogP contribution in [0.4, 0.5) is 0 Å². The molecule has 1 aliphatic carbocycles. The van der Waals surface area contributed by atoms with Crippen LogP contribution in [0.2, 0.25) is 0 Å². The lowest BCUT2D eigenvalue weighted by Gasteiger charge is -2.09. The van der Waals surface area contributed by atoms with E-state index in [2.05, 4.69) is 13.0 Å². The van der Waals surface area contributed by atoms with Crippen LogP contribution in [-0.2, 0) is 0 Å². The van der Waals surface area contributed by atoms with E-state index in [4.69, 9.17) is 0 Å². The molecule has 16 heavy (non-hydrogen) atoms. The van der Waals surface area contributed by atoms with Gasteiger partial charge in [0.25, 0.3) is 0 Å². The minimum atomic E-state index is 1.34. The molecule has 0 aliphatic heterocycles. The van der Waals surface area contributed by atoms with E-state index >= 15 is 0 Å². The lowest BCUT2D eigenvalue weighted by molar-refractivity contribution is 0.558. The van der Waals surface area contributed by atoms with Crippen LogP contribution in [0, 0.1) is 0 Å². The van der Waals surface area contributed by atoms with E-state index in [9.17, 15) is 0 Å². The maximum atomic E-state index is 2.57. The van der Waals surface area contributed by atoms with Crippen molar-refractivity contribution in [3.8, 4) is 0 Å². The highest BCUT2D eigenvalue weighted by Gasteiger charge is 2.00. The van der Waals surface area contributed by atoms with Gasteiger partial charge < -0.3 is 0 Å². The highest BCUT2D eigenvalue weighted by atomic mass is 14.1. The molecule has 0 unspecified atom stereocenters. The Kier molecular flexibility index (Phi) is 8.57. The molecule has 0 radical (unpaired) electrons. The predicted molar refractivity (Wildman–Crippen MR) is 73.8 cm³/mol. The maximum Gasteiger partial charge on any atom is -0.0320 e. The van der Waals surface area contributed by atoms with Crippen molar-refractivity contribution in [1.29, 1.82) is 0 Å². The van der Waals surface area contributed by atoms with Crippen LogP contribution in [0.3, 0.4) is 0 Å². The molecule has 1 rings (SSSR count). The van der Waals surface area contributed by atoms with E-state index in [0.29, 0.717) is 0 Å². The summed E-state index contributed by atoms with van der Waals surface area (Å²) in [6, 6.07) is 0. The van der Waals surface area contributed by atoms with Gasteiger partial charge in [0, 0.05) is 0 Å². The van der Waals surface area contributed by atoms with E-state index in [-0.39, 0.29) is 0 Å². The molecule has 0 N–H and O–H groups in total. The van der Waals surface area contributed by atoms with Crippen molar-refractivity contribution in [2.45, 2.75) is 90.4 Å². The molecular formula is C16H30. The molecule has 0 heteroatoms. The molecule has 0 fully saturated rings. The molecule has 0 nitrogen and oxygen atoms in total. The van der Waals surface area contributed by atoms with E-state index in [1.165, 1.54) is 83.5 Å². The zero-order chi connectivity index (χ0) is 11.5. The molecule has 0 atom stereocenters. The van der Waals surface area contributed by atoms with Crippen molar-refractivity contribution in [3.63, 3.8) is 0 Å². The van der Waals surface area contributed by atoms with Gasteiger partial charge in [0.15, 0.2) is 0 Å². The first-order valence-corrected chi connectivity index (χ1v) is 7.61. The third-order valence-electron chi connectivity index (χ3n) is 3.74. The Balaban J connectivity index is 2.31. The van der Waals surface area contributed by atoms with Gasteiger partial charge in [-0.25, -0.2) is 0 Å². The van der Waals surface area contributed by atoms with Crippen molar-refractivity contribution >= 4 is 0 Å². The van der Waals surface area contributed by atoms with Crippen LogP contribution in [0.1, 0.15) is 90.4 Å². The van der Waals surface area contributed by atoms with Crippen molar-refractivity contribution < 1.29 is 0 Å². The second-order valence-electron chi connectivity index (χ2n) is 5.33. The summed E-state index contributed by atoms with van der Waals surface area (Å²) in [5.41, 5.74) is 1.77. The lowest BCUT2D eigenvalue weighted by Crippen LogP contribution is -1.89. The highest BCUT2D eigenvalue weighted by molar-refractivity contribution is 5.01. The average molecular weight is 222 g/mol. The largest absolute Gasteiger partial charge is 0.0853 e. The fraction of sp³-hybridized carbons (Fsp3) is 0.875. The van der Waals surface area contributed by atoms with Gasteiger partial charge >= 0.3 is 0 Å². The Morgan fingerprint density at radius 1 is 0.875 bits per heavy atom. The Morgan fingerprint density at radius 2 is 1.50 bits per heavy atom. The normalized spacial score (nSPS) is 23.9. The van der Waals surface area contributed by atoms with Gasteiger partial charge in [0.1, 0.15) is 0 Å². The molecule has 94 valence electrons. The van der Waals surface area contributed by atoms with Crippen LogP contribution >= 0.6 is 0 Å². The van der Waals surface area contributed by atoms with Crippen molar-refractivity contribution in [2.24, 2.45) is 0 Å². The average Bonchev–Trinajstić information content (AvgIpc) is 2.28. The smallest absolute Gasteiger partial charge is 0.0320 e. The third-order valence-corrected chi connectivity index (χ3v) is 3.74. The van der Waals surface area contributed by atoms with Gasteiger partial charge in [0.2, 0.25) is 0 Å². The molecule has 0 saturated heterocycles. The van der Waals surface area contributed by atoms with Crippen LogP contribution < -0.4 is 0 Å².